The summed E-state index contributed by atoms with van der Waals surface area (Å²) in [4.78, 5) is 39.4. The Bertz CT molecular complexity index is 1740. The number of esters is 2. The molecule has 0 radical (unpaired) electrons. The van der Waals surface area contributed by atoms with Crippen molar-refractivity contribution in [3.63, 3.8) is 0 Å². The molecule has 2 aliphatic heterocycles. The quantitative estimate of drug-likeness (QED) is 0.126. The summed E-state index contributed by atoms with van der Waals surface area (Å²) in [5.41, 5.74) is -3.73. The number of aliphatic hydroxyl groups is 2. The van der Waals surface area contributed by atoms with Crippen LogP contribution in [0.3, 0.4) is 0 Å². The van der Waals surface area contributed by atoms with Gasteiger partial charge in [-0.15, -0.1) is 0 Å². The van der Waals surface area contributed by atoms with E-state index in [9.17, 15) is 70.6 Å². The minimum absolute atomic E-state index is 0.532. The summed E-state index contributed by atoms with van der Waals surface area (Å²) in [6.45, 7) is -2.01. The molecule has 0 amide bonds. The number of rotatable bonds is 2. The van der Waals surface area contributed by atoms with E-state index in [4.69, 9.17) is 18.9 Å². The Morgan fingerprint density at radius 3 is 1.80 bits per heavy atom. The first-order chi connectivity index (χ1) is 21.6. The molecule has 46 heavy (non-hydrogen) atoms. The molecule has 0 aromatic heterocycles. The average Bonchev–Trinajstić information content (AvgIpc) is 3.01. The molecule has 0 aliphatic carbocycles. The molecule has 18 heteroatoms. The number of ketones is 1. The van der Waals surface area contributed by atoms with Crippen molar-refractivity contribution in [3.8, 4) is 62.9 Å². The standard InChI is InChI=1S/C28H24O18/c29-10-1-7(2-11(30)18(10)34)26(41)46-28-24(40)25-21(37)15(45-28)6-44-27(42)9-4-13(32)20(36)23(39)17(9)16-8(14(33)5-43-25)3-12(31)19(35)22(16)38/h1-4,15,21,24-25,28-32,34-40H,5-6H2. The van der Waals surface area contributed by atoms with Crippen molar-refractivity contribution >= 4 is 17.7 Å². The van der Waals surface area contributed by atoms with E-state index in [0.29, 0.717) is 24.3 Å². The highest BCUT2D eigenvalue weighted by atomic mass is 16.7. The predicted molar refractivity (Wildman–Crippen MR) is 144 cm³/mol. The number of fused-ring (bicyclic) bond motifs is 5. The van der Waals surface area contributed by atoms with Crippen molar-refractivity contribution in [2.24, 2.45) is 0 Å². The number of aliphatic hydroxyl groups excluding tert-OH is 2. The van der Waals surface area contributed by atoms with E-state index in [2.05, 4.69) is 0 Å². The van der Waals surface area contributed by atoms with Gasteiger partial charge in [0.2, 0.25) is 17.8 Å². The van der Waals surface area contributed by atoms with Crippen LogP contribution in [0.15, 0.2) is 24.3 Å². The van der Waals surface area contributed by atoms with Gasteiger partial charge < -0.3 is 75.1 Å². The van der Waals surface area contributed by atoms with Crippen LogP contribution in [0.4, 0.5) is 0 Å². The maximum Gasteiger partial charge on any atom is 0.340 e. The van der Waals surface area contributed by atoms with E-state index < -0.39 is 141 Å². The lowest BCUT2D eigenvalue weighted by Gasteiger charge is -2.41. The maximum absolute atomic E-state index is 13.4. The fourth-order valence-electron chi connectivity index (χ4n) is 4.89. The van der Waals surface area contributed by atoms with Crippen LogP contribution < -0.4 is 0 Å². The molecule has 0 saturated carbocycles. The lowest BCUT2D eigenvalue weighted by molar-refractivity contribution is -0.291. The summed E-state index contributed by atoms with van der Waals surface area (Å²) < 4.78 is 21.1. The van der Waals surface area contributed by atoms with Crippen molar-refractivity contribution in [1.29, 1.82) is 0 Å². The highest BCUT2D eigenvalue weighted by Crippen LogP contribution is 2.52. The highest BCUT2D eigenvalue weighted by molar-refractivity contribution is 6.10. The summed E-state index contributed by atoms with van der Waals surface area (Å²) in [6.07, 6.45) is -9.53. The Hall–Kier alpha value is -5.69. The number of carbonyl (C=O) groups is 3. The molecular formula is C28H24O18. The van der Waals surface area contributed by atoms with Gasteiger partial charge in [0.25, 0.3) is 0 Å². The lowest BCUT2D eigenvalue weighted by Crippen LogP contribution is -2.60. The third-order valence-electron chi connectivity index (χ3n) is 7.23. The van der Waals surface area contributed by atoms with Gasteiger partial charge in [0.15, 0.2) is 46.0 Å². The van der Waals surface area contributed by atoms with E-state index in [1.165, 1.54) is 0 Å². The second-order valence-corrected chi connectivity index (χ2v) is 10.1. The zero-order chi connectivity index (χ0) is 33.8. The van der Waals surface area contributed by atoms with Gasteiger partial charge in [0.1, 0.15) is 37.6 Å². The molecule has 2 heterocycles. The van der Waals surface area contributed by atoms with Crippen LogP contribution in [0, 0.1) is 0 Å². The Kier molecular flexibility index (Phi) is 8.05. The van der Waals surface area contributed by atoms with E-state index >= 15 is 0 Å². The zero-order valence-electron chi connectivity index (χ0n) is 22.9. The SMILES string of the molecule is O=C(OC1OC2COC(=O)c3cc(O)c(O)c(O)c3-c3c(cc(O)c(O)c3O)C(=O)COC(C2O)C1O)c1cc(O)c(O)c(O)c1. The van der Waals surface area contributed by atoms with Crippen LogP contribution in [0.5, 0.6) is 51.7 Å². The Balaban J connectivity index is 1.58. The van der Waals surface area contributed by atoms with Gasteiger partial charge in [-0.05, 0) is 24.3 Å². The van der Waals surface area contributed by atoms with Crippen molar-refractivity contribution in [2.45, 2.75) is 30.7 Å². The third kappa shape index (κ3) is 5.30. The lowest BCUT2D eigenvalue weighted by atomic mass is 9.90. The fourth-order valence-corrected chi connectivity index (χ4v) is 4.89. The van der Waals surface area contributed by atoms with Crippen molar-refractivity contribution < 1.29 is 89.5 Å². The number of benzene rings is 3. The van der Waals surface area contributed by atoms with E-state index in [1.54, 1.807) is 0 Å². The van der Waals surface area contributed by atoms with Gasteiger partial charge in [0.05, 0.1) is 11.1 Å². The van der Waals surface area contributed by atoms with Crippen molar-refractivity contribution in [1.82, 2.24) is 0 Å². The summed E-state index contributed by atoms with van der Waals surface area (Å²) in [5.74, 6) is -13.8. The Morgan fingerprint density at radius 2 is 1.22 bits per heavy atom. The van der Waals surface area contributed by atoms with Crippen LogP contribution in [0.2, 0.25) is 0 Å². The molecule has 0 spiro atoms. The number of phenolic OH excluding ortho intramolecular Hbond substituents is 9. The minimum atomic E-state index is -2.07. The van der Waals surface area contributed by atoms with Gasteiger partial charge in [-0.3, -0.25) is 4.79 Å². The van der Waals surface area contributed by atoms with Crippen molar-refractivity contribution in [3.05, 3.63) is 41.0 Å². The second-order valence-electron chi connectivity index (χ2n) is 10.1. The minimum Gasteiger partial charge on any atom is -0.504 e. The summed E-state index contributed by atoms with van der Waals surface area (Å²) in [7, 11) is 0. The number of aromatic hydroxyl groups is 9. The van der Waals surface area contributed by atoms with Crippen molar-refractivity contribution in [2.75, 3.05) is 13.2 Å². The Morgan fingerprint density at radius 1 is 0.696 bits per heavy atom. The first kappa shape index (κ1) is 31.7. The topological polar surface area (TPSA) is 311 Å². The first-order valence-electron chi connectivity index (χ1n) is 13.0. The van der Waals surface area contributed by atoms with E-state index in [0.717, 1.165) is 0 Å². The molecule has 3 aromatic carbocycles. The molecule has 2 aliphatic rings. The average molecular weight is 648 g/mol. The number of carbonyl (C=O) groups excluding carboxylic acids is 3. The molecular weight excluding hydrogens is 624 g/mol. The number of ether oxygens (including phenoxy) is 4. The molecule has 5 unspecified atom stereocenters. The number of cyclic esters (lactones) is 1. The highest BCUT2D eigenvalue weighted by Gasteiger charge is 2.48. The number of hydrogen-bond donors (Lipinski definition) is 11. The van der Waals surface area contributed by atoms with Gasteiger partial charge in [-0.1, -0.05) is 0 Å². The predicted octanol–water partition coefficient (Wildman–Crippen LogP) is -0.254. The van der Waals surface area contributed by atoms with Gasteiger partial charge in [-0.2, -0.15) is 0 Å². The smallest absolute Gasteiger partial charge is 0.340 e. The molecule has 3 aromatic rings. The van der Waals surface area contributed by atoms with Crippen LogP contribution in [-0.2, 0) is 18.9 Å². The normalized spacial score (nSPS) is 23.1. The molecule has 1 saturated heterocycles. The summed E-state index contributed by atoms with van der Waals surface area (Å²) in [5, 5.41) is 113. The number of hydrogen-bond acceptors (Lipinski definition) is 18. The number of Topliss-reactive ketones (excluding diaryl/α,β-unsaturated/α-hetero) is 1. The van der Waals surface area contributed by atoms with E-state index in [-0.39, 0.29) is 0 Å². The first-order valence-corrected chi connectivity index (χ1v) is 13.0. The molecule has 18 nitrogen and oxygen atoms in total. The Labute approximate surface area is 255 Å². The largest absolute Gasteiger partial charge is 0.504 e. The van der Waals surface area contributed by atoms with Gasteiger partial charge in [-0.25, -0.2) is 9.59 Å². The molecule has 2 bridgehead atoms. The van der Waals surface area contributed by atoms with Crippen LogP contribution >= 0.6 is 0 Å². The van der Waals surface area contributed by atoms with Crippen LogP contribution in [0.1, 0.15) is 31.1 Å². The fraction of sp³-hybridized carbons (Fsp3) is 0.250. The number of phenols is 9. The van der Waals surface area contributed by atoms with Gasteiger partial charge >= 0.3 is 11.9 Å². The molecule has 244 valence electrons. The zero-order valence-corrected chi connectivity index (χ0v) is 22.9. The third-order valence-corrected chi connectivity index (χ3v) is 7.23. The summed E-state index contributed by atoms with van der Waals surface area (Å²) >= 11 is 0. The van der Waals surface area contributed by atoms with E-state index in [1.807, 2.05) is 0 Å². The van der Waals surface area contributed by atoms with Gasteiger partial charge in [0, 0.05) is 16.7 Å². The summed E-state index contributed by atoms with van der Waals surface area (Å²) in [6, 6.07) is 2.62. The molecule has 5 rings (SSSR count). The van der Waals surface area contributed by atoms with Crippen LogP contribution in [-0.4, -0.2) is 118 Å². The monoisotopic (exact) mass is 648 g/mol. The molecule has 1 fully saturated rings. The van der Waals surface area contributed by atoms with Crippen LogP contribution in [0.25, 0.3) is 11.1 Å². The molecule has 5 atom stereocenters. The maximum atomic E-state index is 13.4. The molecule has 11 N–H and O–H groups in total. The second kappa shape index (κ2) is 11.7.